The topological polar surface area (TPSA) is 26.3 Å². The third kappa shape index (κ3) is 3.37. The molecule has 0 saturated heterocycles. The highest BCUT2D eigenvalue weighted by Gasteiger charge is 2.40. The number of rotatable bonds is 6. The molecule has 1 aliphatic rings. The fourth-order valence-corrected chi connectivity index (χ4v) is 7.77. The Morgan fingerprint density at radius 2 is 1.72 bits per heavy atom. The van der Waals surface area contributed by atoms with Crippen molar-refractivity contribution in [2.45, 2.75) is 64.7 Å². The van der Waals surface area contributed by atoms with E-state index in [1.807, 2.05) is 0 Å². The lowest BCUT2D eigenvalue weighted by Crippen LogP contribution is -2.34. The van der Waals surface area contributed by atoms with Crippen molar-refractivity contribution in [3.63, 3.8) is 0 Å². The summed E-state index contributed by atoms with van der Waals surface area (Å²) in [4.78, 5) is 11.7. The minimum atomic E-state index is -1.05. The summed E-state index contributed by atoms with van der Waals surface area (Å²) in [6.07, 6.45) is 2.11. The van der Waals surface area contributed by atoms with E-state index in [9.17, 15) is 4.79 Å². The molecule has 3 heteroatoms. The van der Waals surface area contributed by atoms with E-state index in [0.717, 1.165) is 18.8 Å². The van der Waals surface area contributed by atoms with Gasteiger partial charge in [-0.2, -0.15) is 0 Å². The van der Waals surface area contributed by atoms with Crippen LogP contribution in [0.2, 0.25) is 24.2 Å². The molecule has 3 atom stereocenters. The van der Waals surface area contributed by atoms with Crippen molar-refractivity contribution in [2.75, 3.05) is 7.11 Å². The Morgan fingerprint density at radius 1 is 1.17 bits per heavy atom. The van der Waals surface area contributed by atoms with Crippen LogP contribution in [-0.4, -0.2) is 21.2 Å². The molecule has 0 aliphatic heterocycles. The molecule has 1 aliphatic carbocycles. The van der Waals surface area contributed by atoms with Gasteiger partial charge in [0, 0.05) is 0 Å². The number of carbonyl (C=O) groups excluding carboxylic acids is 1. The molecule has 0 N–H and O–H groups in total. The van der Waals surface area contributed by atoms with E-state index < -0.39 is 8.07 Å². The van der Waals surface area contributed by atoms with Crippen LogP contribution in [0.4, 0.5) is 0 Å². The van der Waals surface area contributed by atoms with Gasteiger partial charge in [-0.25, -0.2) is 0 Å². The molecule has 0 amide bonds. The van der Waals surface area contributed by atoms with E-state index in [-0.39, 0.29) is 11.9 Å². The average molecular weight is 270 g/mol. The summed E-state index contributed by atoms with van der Waals surface area (Å²) in [5.74, 6) is 1.65. The largest absolute Gasteiger partial charge is 0.469 e. The van der Waals surface area contributed by atoms with Gasteiger partial charge in [-0.15, -0.1) is 0 Å². The van der Waals surface area contributed by atoms with Crippen molar-refractivity contribution in [3.8, 4) is 0 Å². The van der Waals surface area contributed by atoms with E-state index in [4.69, 9.17) is 4.74 Å². The number of esters is 1. The molecule has 1 rings (SSSR count). The molecule has 0 spiro atoms. The maximum absolute atomic E-state index is 11.7. The van der Waals surface area contributed by atoms with Gasteiger partial charge in [0.2, 0.25) is 0 Å². The van der Waals surface area contributed by atoms with Crippen molar-refractivity contribution < 1.29 is 9.53 Å². The predicted octanol–water partition coefficient (Wildman–Crippen LogP) is 4.33. The second kappa shape index (κ2) is 6.74. The molecule has 0 aromatic heterocycles. The van der Waals surface area contributed by atoms with E-state index in [2.05, 4.69) is 27.7 Å². The standard InChI is InChI=1S/C15H30O2Si/c1-6-18(7-2,8-3)11-14-10-13(9-12(14)4)15(16)17-5/h12-14H,6-11H2,1-5H3/t12-,13?,14+/m0/s1. The SMILES string of the molecule is CC[Si](CC)(CC)C[C@H]1CC(C(=O)OC)C[C@@H]1C. The number of carbonyl (C=O) groups is 1. The molecule has 0 heterocycles. The number of hydrogen-bond acceptors (Lipinski definition) is 2. The first-order valence-electron chi connectivity index (χ1n) is 7.59. The lowest BCUT2D eigenvalue weighted by molar-refractivity contribution is -0.145. The fraction of sp³-hybridized carbons (Fsp3) is 0.933. The second-order valence-electron chi connectivity index (χ2n) is 6.19. The summed E-state index contributed by atoms with van der Waals surface area (Å²) >= 11 is 0. The van der Waals surface area contributed by atoms with Gasteiger partial charge in [-0.05, 0) is 24.7 Å². The molecular weight excluding hydrogens is 240 g/mol. The maximum atomic E-state index is 11.7. The lowest BCUT2D eigenvalue weighted by Gasteiger charge is -2.32. The summed E-state index contributed by atoms with van der Waals surface area (Å²) in [7, 11) is 0.466. The van der Waals surface area contributed by atoms with Crippen LogP contribution in [0.5, 0.6) is 0 Å². The molecule has 106 valence electrons. The second-order valence-corrected chi connectivity index (χ2v) is 11.7. The van der Waals surface area contributed by atoms with E-state index in [0.29, 0.717) is 5.92 Å². The Bertz CT molecular complexity index is 265. The Morgan fingerprint density at radius 3 is 2.17 bits per heavy atom. The first-order valence-corrected chi connectivity index (χ1v) is 10.4. The van der Waals surface area contributed by atoms with E-state index in [1.54, 1.807) is 0 Å². The summed E-state index contributed by atoms with van der Waals surface area (Å²) < 4.78 is 4.91. The zero-order valence-electron chi connectivity index (χ0n) is 12.8. The number of hydrogen-bond donors (Lipinski definition) is 0. The molecule has 0 radical (unpaired) electrons. The Kier molecular flexibility index (Phi) is 5.89. The third-order valence-electron chi connectivity index (χ3n) is 5.53. The zero-order valence-corrected chi connectivity index (χ0v) is 13.8. The molecule has 18 heavy (non-hydrogen) atoms. The Hall–Kier alpha value is -0.313. The summed E-state index contributed by atoms with van der Waals surface area (Å²) in [6, 6.07) is 5.61. The molecule has 0 aromatic rings. The van der Waals surface area contributed by atoms with Gasteiger partial charge in [0.15, 0.2) is 0 Å². The van der Waals surface area contributed by atoms with Crippen LogP contribution >= 0.6 is 0 Å². The van der Waals surface area contributed by atoms with Gasteiger partial charge in [-0.1, -0.05) is 51.9 Å². The number of methoxy groups -OCH3 is 1. The van der Waals surface area contributed by atoms with Gasteiger partial charge < -0.3 is 4.74 Å². The van der Waals surface area contributed by atoms with Crippen LogP contribution in [0.25, 0.3) is 0 Å². The van der Waals surface area contributed by atoms with Gasteiger partial charge in [0.25, 0.3) is 0 Å². The van der Waals surface area contributed by atoms with Crippen molar-refractivity contribution in [1.29, 1.82) is 0 Å². The Labute approximate surface area is 113 Å². The van der Waals surface area contributed by atoms with Crippen molar-refractivity contribution >= 4 is 14.0 Å². The lowest BCUT2D eigenvalue weighted by atomic mass is 10.0. The van der Waals surface area contributed by atoms with Crippen LogP contribution < -0.4 is 0 Å². The fourth-order valence-electron chi connectivity index (χ4n) is 3.72. The molecule has 1 fully saturated rings. The van der Waals surface area contributed by atoms with Gasteiger partial charge in [0.1, 0.15) is 0 Å². The van der Waals surface area contributed by atoms with Crippen LogP contribution in [0, 0.1) is 17.8 Å². The molecule has 0 bridgehead atoms. The molecule has 1 saturated carbocycles. The highest BCUT2D eigenvalue weighted by atomic mass is 28.3. The third-order valence-corrected chi connectivity index (χ3v) is 11.4. The first kappa shape index (κ1) is 15.7. The quantitative estimate of drug-likeness (QED) is 0.530. The van der Waals surface area contributed by atoms with Crippen molar-refractivity contribution in [3.05, 3.63) is 0 Å². The average Bonchev–Trinajstić information content (AvgIpc) is 2.76. The van der Waals surface area contributed by atoms with Crippen molar-refractivity contribution in [2.24, 2.45) is 17.8 Å². The van der Waals surface area contributed by atoms with Crippen LogP contribution in [-0.2, 0) is 9.53 Å². The van der Waals surface area contributed by atoms with Crippen LogP contribution in [0.1, 0.15) is 40.5 Å². The highest BCUT2D eigenvalue weighted by Crippen LogP contribution is 2.43. The maximum Gasteiger partial charge on any atom is 0.308 e. The smallest absolute Gasteiger partial charge is 0.308 e. The number of ether oxygens (including phenoxy) is 1. The summed E-state index contributed by atoms with van der Waals surface area (Å²) in [6.45, 7) is 9.44. The summed E-state index contributed by atoms with van der Waals surface area (Å²) in [5.41, 5.74) is 0. The monoisotopic (exact) mass is 270 g/mol. The normalized spacial score (nSPS) is 28.4. The minimum Gasteiger partial charge on any atom is -0.469 e. The predicted molar refractivity (Wildman–Crippen MR) is 79.4 cm³/mol. The summed E-state index contributed by atoms with van der Waals surface area (Å²) in [5, 5.41) is 0. The zero-order chi connectivity index (χ0) is 13.8. The van der Waals surface area contributed by atoms with Crippen LogP contribution in [0.3, 0.4) is 0 Å². The van der Waals surface area contributed by atoms with Gasteiger partial charge in [0.05, 0.1) is 21.1 Å². The van der Waals surface area contributed by atoms with E-state index in [1.165, 1.54) is 31.3 Å². The van der Waals surface area contributed by atoms with E-state index >= 15 is 0 Å². The first-order chi connectivity index (χ1) is 8.51. The van der Waals surface area contributed by atoms with Gasteiger partial charge >= 0.3 is 5.97 Å². The minimum absolute atomic E-state index is 0.0149. The molecule has 0 aromatic carbocycles. The molecule has 1 unspecified atom stereocenters. The Balaban J connectivity index is 2.65. The molecular formula is C15H30O2Si. The van der Waals surface area contributed by atoms with Gasteiger partial charge in [-0.3, -0.25) is 4.79 Å². The molecule has 2 nitrogen and oxygen atoms in total. The van der Waals surface area contributed by atoms with Crippen LogP contribution in [0.15, 0.2) is 0 Å². The highest BCUT2D eigenvalue weighted by molar-refractivity contribution is 6.79. The van der Waals surface area contributed by atoms with Crippen molar-refractivity contribution in [1.82, 2.24) is 0 Å².